The van der Waals surface area contributed by atoms with E-state index in [2.05, 4.69) is 15.3 Å². The summed E-state index contributed by atoms with van der Waals surface area (Å²) in [5.41, 5.74) is 1.78. The summed E-state index contributed by atoms with van der Waals surface area (Å²) in [5.74, 6) is -2.02. The van der Waals surface area contributed by atoms with Gasteiger partial charge in [-0.1, -0.05) is 6.07 Å². The first kappa shape index (κ1) is 22.7. The number of nitrogens with zero attached hydrogens (tertiary/aromatic N) is 3. The van der Waals surface area contributed by atoms with Gasteiger partial charge in [0.1, 0.15) is 5.82 Å². The summed E-state index contributed by atoms with van der Waals surface area (Å²) in [4.78, 5) is 40.5. The molecule has 2 aromatic heterocycles. The molecule has 0 unspecified atom stereocenters. The van der Waals surface area contributed by atoms with Crippen molar-refractivity contribution in [1.82, 2.24) is 24.4 Å². The number of hydrogen-bond acceptors (Lipinski definition) is 4. The van der Waals surface area contributed by atoms with Crippen LogP contribution in [0.25, 0.3) is 11.0 Å². The highest BCUT2D eigenvalue weighted by Gasteiger charge is 2.38. The summed E-state index contributed by atoms with van der Waals surface area (Å²) < 4.78 is 34.8. The molecule has 0 bridgehead atoms. The van der Waals surface area contributed by atoms with E-state index in [1.165, 1.54) is 4.57 Å². The molecule has 0 aliphatic carbocycles. The van der Waals surface area contributed by atoms with Gasteiger partial charge in [0.25, 0.3) is 5.91 Å². The van der Waals surface area contributed by atoms with E-state index in [1.807, 2.05) is 6.07 Å². The zero-order chi connectivity index (χ0) is 22.5. The Bertz CT molecular complexity index is 1080. The Morgan fingerprint density at radius 3 is 2.47 bits per heavy atom. The number of amides is 1. The number of alkyl halides is 3. The summed E-state index contributed by atoms with van der Waals surface area (Å²) >= 11 is 0. The van der Waals surface area contributed by atoms with Gasteiger partial charge in [-0.25, -0.2) is 14.6 Å². The average Bonchev–Trinajstić information content (AvgIpc) is 3.28. The number of H-pyrrole nitrogens is 1. The number of imidazole rings is 2. The maximum absolute atomic E-state index is 12.4. The van der Waals surface area contributed by atoms with E-state index in [0.717, 1.165) is 24.2 Å². The van der Waals surface area contributed by atoms with Crippen LogP contribution < -0.4 is 11.0 Å². The fourth-order valence-electron chi connectivity index (χ4n) is 2.75. The topological polar surface area (TPSA) is 122 Å². The van der Waals surface area contributed by atoms with Gasteiger partial charge in [-0.3, -0.25) is 13.9 Å². The number of carbonyl (C=O) groups is 2. The van der Waals surface area contributed by atoms with E-state index in [0.29, 0.717) is 17.6 Å². The fraction of sp³-hybridized carbons (Fsp3) is 0.333. The van der Waals surface area contributed by atoms with Gasteiger partial charge >= 0.3 is 17.8 Å². The standard InChI is InChI=1S/C16H19N5O2.C2HF3O2/c1-20-12-6-3-5-11(14(12)21(2)16(20)23)15(22)19-8-4-7-13-17-9-10-18-13;3-2(4,5)1(6)7/h3,5-6,9-10H,4,7-8H2,1-2H3,(H,17,18)(H,19,22);(H,6,7). The predicted molar refractivity (Wildman–Crippen MR) is 101 cm³/mol. The van der Waals surface area contributed by atoms with Gasteiger partial charge in [0.15, 0.2) is 0 Å². The van der Waals surface area contributed by atoms with Crippen LogP contribution in [0.3, 0.4) is 0 Å². The van der Waals surface area contributed by atoms with Gasteiger partial charge in [-0.15, -0.1) is 0 Å². The molecule has 1 aromatic carbocycles. The van der Waals surface area contributed by atoms with Gasteiger partial charge < -0.3 is 15.4 Å². The number of benzene rings is 1. The van der Waals surface area contributed by atoms with Gasteiger partial charge in [-0.2, -0.15) is 13.2 Å². The summed E-state index contributed by atoms with van der Waals surface area (Å²) in [6, 6.07) is 5.37. The van der Waals surface area contributed by atoms with Crippen molar-refractivity contribution in [2.24, 2.45) is 14.1 Å². The van der Waals surface area contributed by atoms with E-state index < -0.39 is 12.1 Å². The molecule has 30 heavy (non-hydrogen) atoms. The van der Waals surface area contributed by atoms with Crippen molar-refractivity contribution in [3.63, 3.8) is 0 Å². The minimum Gasteiger partial charge on any atom is -0.475 e. The number of aromatic nitrogens is 4. The van der Waals surface area contributed by atoms with E-state index in [1.54, 1.807) is 43.2 Å². The van der Waals surface area contributed by atoms with E-state index in [-0.39, 0.29) is 11.6 Å². The quantitative estimate of drug-likeness (QED) is 0.534. The number of aromatic amines is 1. The molecule has 0 spiro atoms. The van der Waals surface area contributed by atoms with Crippen molar-refractivity contribution in [3.8, 4) is 0 Å². The highest BCUT2D eigenvalue weighted by atomic mass is 19.4. The molecule has 1 amide bonds. The molecule has 0 atom stereocenters. The second-order valence-corrected chi connectivity index (χ2v) is 6.27. The van der Waals surface area contributed by atoms with Crippen LogP contribution in [-0.4, -0.2) is 48.8 Å². The number of fused-ring (bicyclic) bond motifs is 1. The molecule has 162 valence electrons. The number of aryl methyl sites for hydroxylation is 3. The van der Waals surface area contributed by atoms with Crippen molar-refractivity contribution < 1.29 is 27.9 Å². The summed E-state index contributed by atoms with van der Waals surface area (Å²) in [7, 11) is 3.38. The van der Waals surface area contributed by atoms with Crippen LogP contribution in [0.4, 0.5) is 13.2 Å². The van der Waals surface area contributed by atoms with Gasteiger partial charge in [0, 0.05) is 39.5 Å². The molecule has 2 heterocycles. The molecule has 3 rings (SSSR count). The Kier molecular flexibility index (Phi) is 7.03. The highest BCUT2D eigenvalue weighted by molar-refractivity contribution is 6.05. The summed E-state index contributed by atoms with van der Waals surface area (Å²) in [6.07, 6.45) is -0.0146. The molecule has 3 aromatic rings. The van der Waals surface area contributed by atoms with Crippen LogP contribution in [0.1, 0.15) is 22.6 Å². The average molecular weight is 427 g/mol. The molecule has 0 saturated heterocycles. The Morgan fingerprint density at radius 2 is 1.90 bits per heavy atom. The summed E-state index contributed by atoms with van der Waals surface area (Å²) in [6.45, 7) is 0.552. The van der Waals surface area contributed by atoms with Crippen LogP contribution in [0.2, 0.25) is 0 Å². The predicted octanol–water partition coefficient (Wildman–Crippen LogP) is 1.60. The first-order chi connectivity index (χ1) is 14.0. The molecular weight excluding hydrogens is 407 g/mol. The Hall–Kier alpha value is -3.57. The van der Waals surface area contributed by atoms with Gasteiger partial charge in [0.2, 0.25) is 0 Å². The number of halogens is 3. The minimum atomic E-state index is -5.08. The number of nitrogens with one attached hydrogen (secondary N) is 2. The molecule has 9 nitrogen and oxygen atoms in total. The molecular formula is C18H20F3N5O4. The Labute approximate surface area is 168 Å². The zero-order valence-electron chi connectivity index (χ0n) is 16.2. The van der Waals surface area contributed by atoms with E-state index in [4.69, 9.17) is 9.90 Å². The lowest BCUT2D eigenvalue weighted by Gasteiger charge is -2.07. The monoisotopic (exact) mass is 427 g/mol. The molecule has 12 heteroatoms. The minimum absolute atomic E-state index is 0.141. The zero-order valence-corrected chi connectivity index (χ0v) is 16.2. The summed E-state index contributed by atoms with van der Waals surface area (Å²) in [5, 5.41) is 10.0. The molecule has 0 aliphatic heterocycles. The number of carbonyl (C=O) groups excluding carboxylic acids is 1. The lowest BCUT2D eigenvalue weighted by molar-refractivity contribution is -0.192. The third-order valence-electron chi connectivity index (χ3n) is 4.20. The van der Waals surface area contributed by atoms with Crippen LogP contribution in [-0.2, 0) is 25.3 Å². The van der Waals surface area contributed by atoms with Crippen molar-refractivity contribution in [3.05, 3.63) is 52.5 Å². The van der Waals surface area contributed by atoms with Gasteiger partial charge in [0.05, 0.1) is 16.6 Å². The number of aliphatic carboxylic acids is 1. The first-order valence-electron chi connectivity index (χ1n) is 8.75. The maximum atomic E-state index is 12.4. The second-order valence-electron chi connectivity index (χ2n) is 6.27. The van der Waals surface area contributed by atoms with E-state index >= 15 is 0 Å². The second kappa shape index (κ2) is 9.29. The van der Waals surface area contributed by atoms with E-state index in [9.17, 15) is 22.8 Å². The number of rotatable bonds is 5. The number of hydrogen-bond donors (Lipinski definition) is 3. The number of carboxylic acid groups (broad SMARTS) is 1. The van der Waals surface area contributed by atoms with Crippen LogP contribution in [0.5, 0.6) is 0 Å². The molecule has 0 saturated carbocycles. The van der Waals surface area contributed by atoms with Crippen molar-refractivity contribution in [2.75, 3.05) is 6.54 Å². The molecule has 0 aliphatic rings. The number of carboxylic acids is 1. The smallest absolute Gasteiger partial charge is 0.475 e. The van der Waals surface area contributed by atoms with Crippen molar-refractivity contribution >= 4 is 22.9 Å². The largest absolute Gasteiger partial charge is 0.490 e. The molecule has 0 radical (unpaired) electrons. The third-order valence-corrected chi connectivity index (χ3v) is 4.20. The van der Waals surface area contributed by atoms with Crippen molar-refractivity contribution in [2.45, 2.75) is 19.0 Å². The molecule has 3 N–H and O–H groups in total. The van der Waals surface area contributed by atoms with Gasteiger partial charge in [-0.05, 0) is 18.6 Å². The number of para-hydroxylation sites is 1. The maximum Gasteiger partial charge on any atom is 0.490 e. The Balaban J connectivity index is 0.000000396. The van der Waals surface area contributed by atoms with Crippen LogP contribution >= 0.6 is 0 Å². The SMILES string of the molecule is Cn1c(=O)n(C)c2c(C(=O)NCCCc3ncc[nH]3)cccc21.O=C(O)C(F)(F)F. The molecule has 0 fully saturated rings. The first-order valence-corrected chi connectivity index (χ1v) is 8.75. The lowest BCUT2D eigenvalue weighted by Crippen LogP contribution is -2.26. The highest BCUT2D eigenvalue weighted by Crippen LogP contribution is 2.17. The normalized spacial score (nSPS) is 11.1. The fourth-order valence-corrected chi connectivity index (χ4v) is 2.75. The Morgan fingerprint density at radius 1 is 1.23 bits per heavy atom. The lowest BCUT2D eigenvalue weighted by atomic mass is 10.1. The van der Waals surface area contributed by atoms with Crippen molar-refractivity contribution in [1.29, 1.82) is 0 Å². The van der Waals surface area contributed by atoms with Crippen LogP contribution in [0.15, 0.2) is 35.4 Å². The third kappa shape index (κ3) is 5.27. The van der Waals surface area contributed by atoms with Crippen LogP contribution in [0, 0.1) is 0 Å².